The van der Waals surface area contributed by atoms with Crippen molar-refractivity contribution in [1.82, 2.24) is 0 Å². The zero-order valence-corrected chi connectivity index (χ0v) is 9.76. The van der Waals surface area contributed by atoms with Gasteiger partial charge < -0.3 is 10.5 Å². The molecule has 2 N–H and O–H groups in total. The van der Waals surface area contributed by atoms with Gasteiger partial charge in [-0.05, 0) is 18.2 Å². The number of alkyl halides is 3. The highest BCUT2D eigenvalue weighted by Gasteiger charge is 2.31. The first-order chi connectivity index (χ1) is 7.86. The Bertz CT molecular complexity index is 389. The second-order valence-corrected chi connectivity index (χ2v) is 2.79. The average molecular weight is 249 g/mol. The summed E-state index contributed by atoms with van der Waals surface area (Å²) in [7, 11) is 1.07. The first-order valence-corrected chi connectivity index (χ1v) is 4.91. The number of hydrogen-bond acceptors (Lipinski definition) is 3. The van der Waals surface area contributed by atoms with E-state index in [0.29, 0.717) is 6.07 Å². The highest BCUT2D eigenvalue weighted by molar-refractivity contribution is 5.95. The van der Waals surface area contributed by atoms with E-state index in [0.717, 1.165) is 19.2 Å². The number of nitrogen functional groups attached to an aromatic ring is 1. The van der Waals surface area contributed by atoms with E-state index >= 15 is 0 Å². The van der Waals surface area contributed by atoms with Crippen molar-refractivity contribution in [1.29, 1.82) is 0 Å². The molecule has 0 heterocycles. The van der Waals surface area contributed by atoms with Gasteiger partial charge in [-0.15, -0.1) is 0 Å². The molecule has 0 fully saturated rings. The quantitative estimate of drug-likeness (QED) is 0.614. The van der Waals surface area contributed by atoms with E-state index in [4.69, 9.17) is 5.73 Å². The summed E-state index contributed by atoms with van der Waals surface area (Å²) in [6, 6.07) is 2.50. The Balaban J connectivity index is 0.00000121. The second kappa shape index (κ2) is 6.12. The lowest BCUT2D eigenvalue weighted by Crippen LogP contribution is -2.10. The lowest BCUT2D eigenvalue weighted by Gasteiger charge is -2.09. The van der Waals surface area contributed by atoms with Gasteiger partial charge in [-0.3, -0.25) is 0 Å². The summed E-state index contributed by atoms with van der Waals surface area (Å²) in [4.78, 5) is 11.0. The maximum Gasteiger partial charge on any atom is 0.416 e. The number of esters is 1. The number of hydrogen-bond donors (Lipinski definition) is 1. The molecule has 0 aliphatic heterocycles. The third kappa shape index (κ3) is 3.97. The molecule has 0 atom stereocenters. The van der Waals surface area contributed by atoms with Crippen LogP contribution >= 0.6 is 0 Å². The van der Waals surface area contributed by atoms with Gasteiger partial charge in [0.15, 0.2) is 0 Å². The molecule has 17 heavy (non-hydrogen) atoms. The van der Waals surface area contributed by atoms with Gasteiger partial charge in [0, 0.05) is 5.69 Å². The molecule has 0 aromatic heterocycles. The zero-order valence-electron chi connectivity index (χ0n) is 9.76. The Hall–Kier alpha value is -1.72. The fraction of sp³-hybridized carbons (Fsp3) is 0.364. The number of ether oxygens (including phenoxy) is 1. The fourth-order valence-electron chi connectivity index (χ4n) is 1.02. The second-order valence-electron chi connectivity index (χ2n) is 2.79. The maximum atomic E-state index is 12.3. The molecular formula is C11H14F3NO2. The molecule has 1 rings (SSSR count). The number of rotatable bonds is 1. The van der Waals surface area contributed by atoms with E-state index in [1.807, 2.05) is 13.8 Å². The summed E-state index contributed by atoms with van der Waals surface area (Å²) in [5, 5.41) is 0. The number of methoxy groups -OCH3 is 1. The third-order valence-corrected chi connectivity index (χ3v) is 1.79. The summed E-state index contributed by atoms with van der Waals surface area (Å²) >= 11 is 0. The van der Waals surface area contributed by atoms with Crippen LogP contribution in [0.2, 0.25) is 0 Å². The zero-order chi connectivity index (χ0) is 13.6. The van der Waals surface area contributed by atoms with Crippen molar-refractivity contribution in [2.24, 2.45) is 0 Å². The van der Waals surface area contributed by atoms with Crippen LogP contribution in [-0.2, 0) is 10.9 Å². The molecule has 0 saturated heterocycles. The number of carbonyl (C=O) groups is 1. The molecule has 0 bridgehead atoms. The van der Waals surface area contributed by atoms with E-state index < -0.39 is 17.7 Å². The number of halogens is 3. The Morgan fingerprint density at radius 3 is 2.24 bits per heavy atom. The first-order valence-electron chi connectivity index (χ1n) is 4.91. The van der Waals surface area contributed by atoms with Crippen LogP contribution in [0, 0.1) is 0 Å². The molecule has 0 spiro atoms. The van der Waals surface area contributed by atoms with E-state index in [9.17, 15) is 18.0 Å². The summed E-state index contributed by atoms with van der Waals surface area (Å²) in [6.07, 6.45) is -4.50. The number of anilines is 1. The van der Waals surface area contributed by atoms with Crippen molar-refractivity contribution >= 4 is 11.7 Å². The van der Waals surface area contributed by atoms with Gasteiger partial charge in [-0.25, -0.2) is 4.79 Å². The van der Waals surface area contributed by atoms with E-state index in [2.05, 4.69) is 4.74 Å². The van der Waals surface area contributed by atoms with Crippen LogP contribution in [0.3, 0.4) is 0 Å². The number of nitrogens with two attached hydrogens (primary N) is 1. The van der Waals surface area contributed by atoms with Crippen molar-refractivity contribution in [3.63, 3.8) is 0 Å². The summed E-state index contributed by atoms with van der Waals surface area (Å²) in [5.41, 5.74) is 4.08. The lowest BCUT2D eigenvalue weighted by atomic mass is 10.1. The van der Waals surface area contributed by atoms with Crippen LogP contribution in [0.1, 0.15) is 29.8 Å². The molecule has 0 radical (unpaired) electrons. The summed E-state index contributed by atoms with van der Waals surface area (Å²) < 4.78 is 41.1. The molecule has 3 nitrogen and oxygen atoms in total. The number of carbonyl (C=O) groups excluding carboxylic acids is 1. The largest absolute Gasteiger partial charge is 0.465 e. The van der Waals surface area contributed by atoms with Gasteiger partial charge in [-0.2, -0.15) is 13.2 Å². The Morgan fingerprint density at radius 1 is 1.29 bits per heavy atom. The van der Waals surface area contributed by atoms with Gasteiger partial charge in [-0.1, -0.05) is 13.8 Å². The highest BCUT2D eigenvalue weighted by Crippen LogP contribution is 2.31. The number of benzene rings is 1. The molecule has 0 aliphatic rings. The Kier molecular flexibility index (Phi) is 5.50. The molecule has 0 amide bonds. The van der Waals surface area contributed by atoms with Crippen molar-refractivity contribution in [3.8, 4) is 0 Å². The standard InChI is InChI=1S/C9H8F3NO2.C2H6/c1-15-8(14)6-4-5(9(10,11)12)2-3-7(6)13;1-2/h2-4H,13H2,1H3;1-2H3. The SMILES string of the molecule is CC.COC(=O)c1cc(C(F)(F)F)ccc1N. The molecular weight excluding hydrogens is 235 g/mol. The molecule has 0 unspecified atom stereocenters. The highest BCUT2D eigenvalue weighted by atomic mass is 19.4. The van der Waals surface area contributed by atoms with Gasteiger partial charge in [0.05, 0.1) is 18.2 Å². The average Bonchev–Trinajstić information content (AvgIpc) is 2.30. The van der Waals surface area contributed by atoms with Gasteiger partial charge in [0.25, 0.3) is 0 Å². The van der Waals surface area contributed by atoms with Crippen molar-refractivity contribution in [2.75, 3.05) is 12.8 Å². The first kappa shape index (κ1) is 15.3. The molecule has 96 valence electrons. The Labute approximate surface area is 97.4 Å². The fourth-order valence-corrected chi connectivity index (χ4v) is 1.02. The van der Waals surface area contributed by atoms with Crippen LogP contribution in [0.15, 0.2) is 18.2 Å². The Morgan fingerprint density at radius 2 is 1.82 bits per heavy atom. The predicted molar refractivity (Wildman–Crippen MR) is 58.5 cm³/mol. The molecule has 6 heteroatoms. The normalized spacial score (nSPS) is 10.2. The van der Waals surface area contributed by atoms with Crippen LogP contribution in [-0.4, -0.2) is 13.1 Å². The minimum absolute atomic E-state index is 0.0464. The van der Waals surface area contributed by atoms with Gasteiger partial charge in [0.1, 0.15) is 0 Å². The molecule has 1 aromatic carbocycles. The van der Waals surface area contributed by atoms with E-state index in [-0.39, 0.29) is 11.3 Å². The minimum Gasteiger partial charge on any atom is -0.465 e. The van der Waals surface area contributed by atoms with Gasteiger partial charge in [0.2, 0.25) is 0 Å². The van der Waals surface area contributed by atoms with Crippen molar-refractivity contribution < 1.29 is 22.7 Å². The van der Waals surface area contributed by atoms with E-state index in [1.54, 1.807) is 0 Å². The smallest absolute Gasteiger partial charge is 0.416 e. The van der Waals surface area contributed by atoms with Crippen molar-refractivity contribution in [3.05, 3.63) is 29.3 Å². The summed E-state index contributed by atoms with van der Waals surface area (Å²) in [5.74, 6) is -0.890. The molecule has 1 aromatic rings. The predicted octanol–water partition coefficient (Wildman–Crippen LogP) is 3.10. The van der Waals surface area contributed by atoms with Crippen LogP contribution in [0.5, 0.6) is 0 Å². The third-order valence-electron chi connectivity index (χ3n) is 1.79. The topological polar surface area (TPSA) is 52.3 Å². The van der Waals surface area contributed by atoms with Gasteiger partial charge >= 0.3 is 12.1 Å². The molecule has 0 saturated carbocycles. The van der Waals surface area contributed by atoms with Crippen molar-refractivity contribution in [2.45, 2.75) is 20.0 Å². The minimum atomic E-state index is -4.50. The maximum absolute atomic E-state index is 12.3. The van der Waals surface area contributed by atoms with Crippen LogP contribution < -0.4 is 5.73 Å². The van der Waals surface area contributed by atoms with Crippen LogP contribution in [0.4, 0.5) is 18.9 Å². The van der Waals surface area contributed by atoms with Crippen LogP contribution in [0.25, 0.3) is 0 Å². The summed E-state index contributed by atoms with van der Waals surface area (Å²) in [6.45, 7) is 4.00. The molecule has 0 aliphatic carbocycles. The monoisotopic (exact) mass is 249 g/mol. The lowest BCUT2D eigenvalue weighted by molar-refractivity contribution is -0.137. The van der Waals surface area contributed by atoms with E-state index in [1.165, 1.54) is 0 Å².